The number of piperidine rings is 1. The Morgan fingerprint density at radius 1 is 1.29 bits per heavy atom. The van der Waals surface area contributed by atoms with Gasteiger partial charge in [0.25, 0.3) is 5.91 Å². The molecule has 0 aromatic heterocycles. The first-order valence-corrected chi connectivity index (χ1v) is 7.72. The molecule has 2 heterocycles. The molecule has 2 aliphatic rings. The number of benzene rings is 1. The third-order valence-corrected chi connectivity index (χ3v) is 4.51. The number of likely N-dealkylation sites (tertiary alicyclic amines) is 1. The van der Waals surface area contributed by atoms with E-state index in [1.54, 1.807) is 0 Å². The Hall–Kier alpha value is -1.22. The van der Waals surface area contributed by atoms with Crippen molar-refractivity contribution >= 4 is 24.0 Å². The molecular formula is C17H25ClN2O. The van der Waals surface area contributed by atoms with Crippen LogP contribution in [0.5, 0.6) is 0 Å². The van der Waals surface area contributed by atoms with Gasteiger partial charge in [0.15, 0.2) is 0 Å². The molecule has 1 saturated heterocycles. The molecule has 1 N–H and O–H groups in total. The van der Waals surface area contributed by atoms with Crippen LogP contribution in [-0.4, -0.2) is 30.4 Å². The molecule has 21 heavy (non-hydrogen) atoms. The zero-order valence-electron chi connectivity index (χ0n) is 12.9. The van der Waals surface area contributed by atoms with Gasteiger partial charge >= 0.3 is 0 Å². The van der Waals surface area contributed by atoms with E-state index in [9.17, 15) is 4.79 Å². The molecule has 1 aromatic rings. The van der Waals surface area contributed by atoms with Crippen molar-refractivity contribution in [2.75, 3.05) is 25.0 Å². The predicted molar refractivity (Wildman–Crippen MR) is 89.4 cm³/mol. The number of rotatable bonds is 1. The minimum Gasteiger partial charge on any atom is -0.385 e. The summed E-state index contributed by atoms with van der Waals surface area (Å²) < 4.78 is 0. The highest BCUT2D eigenvalue weighted by Gasteiger charge is 2.30. The zero-order valence-corrected chi connectivity index (χ0v) is 13.8. The summed E-state index contributed by atoms with van der Waals surface area (Å²) in [6, 6.07) is 6.08. The quantitative estimate of drug-likeness (QED) is 0.857. The lowest BCUT2D eigenvalue weighted by Gasteiger charge is -2.38. The van der Waals surface area contributed by atoms with Crippen molar-refractivity contribution in [3.63, 3.8) is 0 Å². The molecule has 116 valence electrons. The number of carbonyl (C=O) groups excluding carboxylic acids is 1. The van der Waals surface area contributed by atoms with Crippen LogP contribution < -0.4 is 5.32 Å². The maximum absolute atomic E-state index is 12.9. The normalized spacial score (nSPS) is 20.0. The maximum Gasteiger partial charge on any atom is 0.254 e. The molecule has 3 rings (SSSR count). The van der Waals surface area contributed by atoms with Crippen LogP contribution in [0.1, 0.15) is 49.0 Å². The van der Waals surface area contributed by atoms with Crippen molar-refractivity contribution in [1.29, 1.82) is 0 Å². The fourth-order valence-corrected chi connectivity index (χ4v) is 3.48. The summed E-state index contributed by atoms with van der Waals surface area (Å²) in [7, 11) is 0. The first-order valence-electron chi connectivity index (χ1n) is 7.72. The molecule has 1 fully saturated rings. The van der Waals surface area contributed by atoms with Gasteiger partial charge in [0.2, 0.25) is 0 Å². The van der Waals surface area contributed by atoms with E-state index in [-0.39, 0.29) is 23.7 Å². The lowest BCUT2D eigenvalue weighted by atomic mass is 9.83. The number of amides is 1. The van der Waals surface area contributed by atoms with E-state index < -0.39 is 0 Å². The molecule has 0 unspecified atom stereocenters. The fourth-order valence-electron chi connectivity index (χ4n) is 3.48. The average molecular weight is 309 g/mol. The van der Waals surface area contributed by atoms with E-state index >= 15 is 0 Å². The van der Waals surface area contributed by atoms with Crippen LogP contribution in [-0.2, 0) is 6.42 Å². The minimum absolute atomic E-state index is 0. The van der Waals surface area contributed by atoms with Crippen LogP contribution >= 0.6 is 12.4 Å². The van der Waals surface area contributed by atoms with Crippen LogP contribution in [0, 0.1) is 5.41 Å². The van der Waals surface area contributed by atoms with Gasteiger partial charge in [0.05, 0.1) is 0 Å². The summed E-state index contributed by atoms with van der Waals surface area (Å²) in [5.74, 6) is 0.221. The Labute approximate surface area is 133 Å². The molecule has 0 bridgehead atoms. The van der Waals surface area contributed by atoms with Gasteiger partial charge in [-0.15, -0.1) is 12.4 Å². The Morgan fingerprint density at radius 2 is 2.10 bits per heavy atom. The second kappa shape index (κ2) is 6.27. The second-order valence-corrected chi connectivity index (χ2v) is 6.86. The molecule has 0 radical (unpaired) electrons. The molecule has 0 aliphatic carbocycles. The van der Waals surface area contributed by atoms with Crippen LogP contribution in [0.4, 0.5) is 5.69 Å². The van der Waals surface area contributed by atoms with Crippen LogP contribution in [0.2, 0.25) is 0 Å². The SMILES string of the molecule is CC1(C)CCCN(C(=O)c2cccc3c2CCCN3)C1.Cl. The number of hydrogen-bond donors (Lipinski definition) is 1. The molecule has 0 spiro atoms. The van der Waals surface area contributed by atoms with Crippen molar-refractivity contribution in [3.05, 3.63) is 29.3 Å². The number of carbonyl (C=O) groups is 1. The molecular weight excluding hydrogens is 284 g/mol. The van der Waals surface area contributed by atoms with E-state index in [2.05, 4.69) is 25.2 Å². The molecule has 1 amide bonds. The second-order valence-electron chi connectivity index (χ2n) is 6.86. The topological polar surface area (TPSA) is 32.3 Å². The van der Waals surface area contributed by atoms with Gasteiger partial charge in [-0.05, 0) is 48.8 Å². The van der Waals surface area contributed by atoms with E-state index in [0.717, 1.165) is 50.1 Å². The largest absolute Gasteiger partial charge is 0.385 e. The van der Waals surface area contributed by atoms with Crippen molar-refractivity contribution in [1.82, 2.24) is 4.90 Å². The first kappa shape index (κ1) is 16.2. The Bertz CT molecular complexity index is 528. The van der Waals surface area contributed by atoms with Crippen molar-refractivity contribution in [2.24, 2.45) is 5.41 Å². The summed E-state index contributed by atoms with van der Waals surface area (Å²) >= 11 is 0. The van der Waals surface area contributed by atoms with Crippen LogP contribution in [0.3, 0.4) is 0 Å². The lowest BCUT2D eigenvalue weighted by molar-refractivity contribution is 0.0582. The molecule has 3 nitrogen and oxygen atoms in total. The van der Waals surface area contributed by atoms with Gasteiger partial charge < -0.3 is 10.2 Å². The minimum atomic E-state index is 0. The number of hydrogen-bond acceptors (Lipinski definition) is 2. The fraction of sp³-hybridized carbons (Fsp3) is 0.588. The molecule has 2 aliphatic heterocycles. The highest BCUT2D eigenvalue weighted by atomic mass is 35.5. The number of nitrogens with one attached hydrogen (secondary N) is 1. The van der Waals surface area contributed by atoms with Crippen molar-refractivity contribution in [2.45, 2.75) is 39.5 Å². The lowest BCUT2D eigenvalue weighted by Crippen LogP contribution is -2.44. The van der Waals surface area contributed by atoms with E-state index in [4.69, 9.17) is 0 Å². The summed E-state index contributed by atoms with van der Waals surface area (Å²) in [6.07, 6.45) is 4.46. The van der Waals surface area contributed by atoms with Gasteiger partial charge in [0, 0.05) is 30.9 Å². The van der Waals surface area contributed by atoms with Crippen molar-refractivity contribution < 1.29 is 4.79 Å². The monoisotopic (exact) mass is 308 g/mol. The van der Waals surface area contributed by atoms with E-state index in [1.807, 2.05) is 17.0 Å². The van der Waals surface area contributed by atoms with Gasteiger partial charge in [0.1, 0.15) is 0 Å². The molecule has 4 heteroatoms. The van der Waals surface area contributed by atoms with Gasteiger partial charge in [-0.2, -0.15) is 0 Å². The first-order chi connectivity index (χ1) is 9.57. The number of fused-ring (bicyclic) bond motifs is 1. The Morgan fingerprint density at radius 3 is 2.86 bits per heavy atom. The van der Waals surface area contributed by atoms with Gasteiger partial charge in [-0.25, -0.2) is 0 Å². The predicted octanol–water partition coefficient (Wildman–Crippen LogP) is 3.73. The summed E-state index contributed by atoms with van der Waals surface area (Å²) in [5, 5.41) is 3.41. The Kier molecular flexibility index (Phi) is 4.82. The number of anilines is 1. The van der Waals surface area contributed by atoms with Crippen LogP contribution in [0.25, 0.3) is 0 Å². The Balaban J connectivity index is 0.00000161. The summed E-state index contributed by atoms with van der Waals surface area (Å²) in [4.78, 5) is 14.9. The maximum atomic E-state index is 12.9. The highest BCUT2D eigenvalue weighted by Crippen LogP contribution is 2.31. The van der Waals surface area contributed by atoms with Gasteiger partial charge in [-0.3, -0.25) is 4.79 Å². The third kappa shape index (κ3) is 3.34. The summed E-state index contributed by atoms with van der Waals surface area (Å²) in [5.41, 5.74) is 3.53. The standard InChI is InChI=1S/C17H24N2O.ClH/c1-17(2)9-5-11-19(12-17)16(20)14-6-3-8-15-13(14)7-4-10-18-15;/h3,6,8,18H,4-5,7,9-12H2,1-2H3;1H. The zero-order chi connectivity index (χ0) is 14.2. The smallest absolute Gasteiger partial charge is 0.254 e. The summed E-state index contributed by atoms with van der Waals surface area (Å²) in [6.45, 7) is 7.31. The number of nitrogens with zero attached hydrogens (tertiary/aromatic N) is 1. The molecule has 0 saturated carbocycles. The van der Waals surface area contributed by atoms with E-state index in [1.165, 1.54) is 12.0 Å². The van der Waals surface area contributed by atoms with Crippen molar-refractivity contribution in [3.8, 4) is 0 Å². The average Bonchev–Trinajstić information content (AvgIpc) is 2.45. The molecule has 1 aromatic carbocycles. The number of halogens is 1. The van der Waals surface area contributed by atoms with Crippen LogP contribution in [0.15, 0.2) is 18.2 Å². The molecule has 0 atom stereocenters. The third-order valence-electron chi connectivity index (χ3n) is 4.51. The van der Waals surface area contributed by atoms with Gasteiger partial charge in [-0.1, -0.05) is 19.9 Å². The van der Waals surface area contributed by atoms with E-state index in [0.29, 0.717) is 0 Å². The highest BCUT2D eigenvalue weighted by molar-refractivity contribution is 5.97.